The van der Waals surface area contributed by atoms with Crippen LogP contribution in [0.3, 0.4) is 0 Å². The Labute approximate surface area is 139 Å². The third kappa shape index (κ3) is 2.52. The van der Waals surface area contributed by atoms with Crippen LogP contribution in [0.1, 0.15) is 18.1 Å². The third-order valence-corrected chi connectivity index (χ3v) is 4.35. The van der Waals surface area contributed by atoms with Gasteiger partial charge in [0.05, 0.1) is 5.69 Å². The second kappa shape index (κ2) is 5.68. The summed E-state index contributed by atoms with van der Waals surface area (Å²) in [6.45, 7) is 4.07. The molecule has 1 N–H and O–H groups in total. The van der Waals surface area contributed by atoms with Crippen LogP contribution in [0, 0.1) is 12.7 Å². The van der Waals surface area contributed by atoms with Crippen molar-refractivity contribution in [2.75, 3.05) is 0 Å². The number of benzene rings is 2. The van der Waals surface area contributed by atoms with Gasteiger partial charge in [-0.2, -0.15) is 0 Å². The highest BCUT2D eigenvalue weighted by Gasteiger charge is 2.12. The monoisotopic (exact) mass is 319 g/mol. The lowest BCUT2D eigenvalue weighted by molar-refractivity contribution is 0.612. The van der Waals surface area contributed by atoms with Crippen LogP contribution in [0.5, 0.6) is 0 Å². The van der Waals surface area contributed by atoms with Crippen molar-refractivity contribution >= 4 is 11.0 Å². The Morgan fingerprint density at radius 1 is 0.958 bits per heavy atom. The normalized spacial score (nSPS) is 11.3. The number of nitrogens with one attached hydrogen (secondary N) is 1. The molecule has 0 unspecified atom stereocenters. The molecule has 0 aliphatic carbocycles. The molecule has 4 rings (SSSR count). The Bertz CT molecular complexity index is 1010. The topological polar surface area (TPSA) is 28.9 Å². The molecule has 3 heteroatoms. The molecule has 0 spiro atoms. The largest absolute Gasteiger partial charge is 0.454 e. The van der Waals surface area contributed by atoms with Gasteiger partial charge in [-0.15, -0.1) is 0 Å². The summed E-state index contributed by atoms with van der Waals surface area (Å²) in [5, 5.41) is 0.799. The number of hydrogen-bond acceptors (Lipinski definition) is 1. The molecule has 2 nitrogen and oxygen atoms in total. The van der Waals surface area contributed by atoms with E-state index in [1.807, 2.05) is 25.1 Å². The first-order chi connectivity index (χ1) is 11.6. The minimum absolute atomic E-state index is 0.224. The van der Waals surface area contributed by atoms with E-state index in [9.17, 15) is 4.39 Å². The van der Waals surface area contributed by atoms with Gasteiger partial charge in [0.15, 0.2) is 5.76 Å². The molecule has 2 aromatic carbocycles. The van der Waals surface area contributed by atoms with Crippen LogP contribution in [0.4, 0.5) is 4.39 Å². The second-order valence-electron chi connectivity index (χ2n) is 6.10. The number of aromatic amines is 1. The fourth-order valence-electron chi connectivity index (χ4n) is 3.02. The smallest absolute Gasteiger partial charge is 0.151 e. The van der Waals surface area contributed by atoms with Gasteiger partial charge in [0.2, 0.25) is 0 Å². The number of aromatic nitrogens is 1. The highest BCUT2D eigenvalue weighted by atomic mass is 19.1. The van der Waals surface area contributed by atoms with E-state index < -0.39 is 0 Å². The Morgan fingerprint density at radius 3 is 2.46 bits per heavy atom. The molecule has 0 aliphatic rings. The molecule has 0 radical (unpaired) electrons. The number of rotatable bonds is 3. The SMILES string of the molecule is CCc1cc(F)cc2cc(-c3ccc(-c4ccc(C)cc4)[nH]3)oc12. The maximum absolute atomic E-state index is 13.7. The van der Waals surface area contributed by atoms with Gasteiger partial charge in [0.1, 0.15) is 11.4 Å². The Hall–Kier alpha value is -2.81. The second-order valence-corrected chi connectivity index (χ2v) is 6.10. The van der Waals surface area contributed by atoms with E-state index in [4.69, 9.17) is 4.42 Å². The number of halogens is 1. The van der Waals surface area contributed by atoms with Crippen molar-refractivity contribution in [3.05, 3.63) is 71.5 Å². The zero-order valence-electron chi connectivity index (χ0n) is 13.7. The molecular formula is C21H18FNO. The van der Waals surface area contributed by atoms with Crippen molar-refractivity contribution in [2.45, 2.75) is 20.3 Å². The molecule has 0 amide bonds. The van der Waals surface area contributed by atoms with Crippen LogP contribution in [0.15, 0.2) is 59.0 Å². The van der Waals surface area contributed by atoms with Crippen LogP contribution >= 0.6 is 0 Å². The molecular weight excluding hydrogens is 301 g/mol. The van der Waals surface area contributed by atoms with E-state index in [0.29, 0.717) is 0 Å². The van der Waals surface area contributed by atoms with Gasteiger partial charge in [-0.05, 0) is 54.8 Å². The van der Waals surface area contributed by atoms with E-state index in [1.165, 1.54) is 11.6 Å². The molecule has 0 saturated carbocycles. The van der Waals surface area contributed by atoms with Gasteiger partial charge in [-0.25, -0.2) is 4.39 Å². The van der Waals surface area contributed by atoms with Gasteiger partial charge in [-0.3, -0.25) is 0 Å². The summed E-state index contributed by atoms with van der Waals surface area (Å²) in [5.41, 5.74) is 5.94. The van der Waals surface area contributed by atoms with Gasteiger partial charge in [0.25, 0.3) is 0 Å². The van der Waals surface area contributed by atoms with E-state index in [-0.39, 0.29) is 5.82 Å². The number of aryl methyl sites for hydroxylation is 2. The van der Waals surface area contributed by atoms with E-state index in [2.05, 4.69) is 36.2 Å². The maximum Gasteiger partial charge on any atom is 0.151 e. The van der Waals surface area contributed by atoms with Crippen LogP contribution in [-0.2, 0) is 6.42 Å². The standard InChI is InChI=1S/C21H18FNO/c1-3-14-10-17(22)11-16-12-20(24-21(14)16)19-9-8-18(23-19)15-6-4-13(2)5-7-15/h4-12,23H,3H2,1-2H3. The average Bonchev–Trinajstić information content (AvgIpc) is 3.21. The van der Waals surface area contributed by atoms with Crippen molar-refractivity contribution in [2.24, 2.45) is 0 Å². The fourth-order valence-corrected chi connectivity index (χ4v) is 3.02. The average molecular weight is 319 g/mol. The highest BCUT2D eigenvalue weighted by Crippen LogP contribution is 2.32. The summed E-state index contributed by atoms with van der Waals surface area (Å²) >= 11 is 0. The van der Waals surface area contributed by atoms with Crippen LogP contribution < -0.4 is 0 Å². The van der Waals surface area contributed by atoms with E-state index >= 15 is 0 Å². The molecule has 0 aliphatic heterocycles. The highest BCUT2D eigenvalue weighted by molar-refractivity contribution is 5.85. The zero-order valence-corrected chi connectivity index (χ0v) is 13.7. The summed E-state index contributed by atoms with van der Waals surface area (Å²) in [7, 11) is 0. The van der Waals surface area contributed by atoms with Gasteiger partial charge >= 0.3 is 0 Å². The predicted octanol–water partition coefficient (Wildman–Crippen LogP) is 6.10. The lowest BCUT2D eigenvalue weighted by atomic mass is 10.1. The lowest BCUT2D eigenvalue weighted by Crippen LogP contribution is -1.83. The van der Waals surface area contributed by atoms with Crippen molar-refractivity contribution in [1.29, 1.82) is 0 Å². The van der Waals surface area contributed by atoms with Crippen LogP contribution in [0.2, 0.25) is 0 Å². The number of hydrogen-bond donors (Lipinski definition) is 1. The molecule has 0 fully saturated rings. The number of fused-ring (bicyclic) bond motifs is 1. The molecule has 0 saturated heterocycles. The Kier molecular flexibility index (Phi) is 3.49. The predicted molar refractivity (Wildman–Crippen MR) is 95.5 cm³/mol. The minimum atomic E-state index is -0.224. The zero-order chi connectivity index (χ0) is 16.7. The van der Waals surface area contributed by atoms with Crippen LogP contribution in [0.25, 0.3) is 33.7 Å². The summed E-state index contributed by atoms with van der Waals surface area (Å²) in [4.78, 5) is 3.39. The summed E-state index contributed by atoms with van der Waals surface area (Å²) in [5.74, 6) is 0.502. The molecule has 0 bridgehead atoms. The lowest BCUT2D eigenvalue weighted by Gasteiger charge is -1.99. The molecule has 2 aromatic heterocycles. The van der Waals surface area contributed by atoms with Crippen molar-refractivity contribution in [1.82, 2.24) is 4.98 Å². The molecule has 4 aromatic rings. The minimum Gasteiger partial charge on any atom is -0.454 e. The molecule has 0 atom stereocenters. The molecule has 120 valence electrons. The quantitative estimate of drug-likeness (QED) is 0.485. The Balaban J connectivity index is 1.77. The van der Waals surface area contributed by atoms with Gasteiger partial charge in [0, 0.05) is 11.1 Å². The van der Waals surface area contributed by atoms with Crippen molar-refractivity contribution < 1.29 is 8.81 Å². The first-order valence-corrected chi connectivity index (χ1v) is 8.12. The van der Waals surface area contributed by atoms with E-state index in [0.717, 1.165) is 45.7 Å². The number of H-pyrrole nitrogens is 1. The fraction of sp³-hybridized carbons (Fsp3) is 0.143. The van der Waals surface area contributed by atoms with Gasteiger partial charge < -0.3 is 9.40 Å². The number of furan rings is 1. The summed E-state index contributed by atoms with van der Waals surface area (Å²) in [6, 6.07) is 17.3. The van der Waals surface area contributed by atoms with E-state index in [1.54, 1.807) is 6.07 Å². The first kappa shape index (κ1) is 14.8. The van der Waals surface area contributed by atoms with Crippen LogP contribution in [-0.4, -0.2) is 4.98 Å². The molecule has 2 heterocycles. The van der Waals surface area contributed by atoms with Crippen molar-refractivity contribution in [3.63, 3.8) is 0 Å². The van der Waals surface area contributed by atoms with Crippen molar-refractivity contribution in [3.8, 4) is 22.7 Å². The van der Waals surface area contributed by atoms with Gasteiger partial charge in [-0.1, -0.05) is 36.8 Å². The molecule has 24 heavy (non-hydrogen) atoms. The maximum atomic E-state index is 13.7. The Morgan fingerprint density at radius 2 is 1.71 bits per heavy atom. The summed E-state index contributed by atoms with van der Waals surface area (Å²) in [6.07, 6.45) is 0.737. The summed E-state index contributed by atoms with van der Waals surface area (Å²) < 4.78 is 19.7. The first-order valence-electron chi connectivity index (χ1n) is 8.12. The third-order valence-electron chi connectivity index (χ3n) is 4.35.